The maximum absolute atomic E-state index is 5.77. The highest BCUT2D eigenvalue weighted by Crippen LogP contribution is 2.23. The van der Waals surface area contributed by atoms with Crippen LogP contribution >= 0.6 is 0 Å². The number of ether oxygens (including phenoxy) is 1. The number of rotatable bonds is 4. The molecule has 3 nitrogen and oxygen atoms in total. The van der Waals surface area contributed by atoms with Crippen LogP contribution in [0.25, 0.3) is 0 Å². The van der Waals surface area contributed by atoms with Crippen molar-refractivity contribution in [2.24, 2.45) is 5.92 Å². The molecule has 0 aromatic rings. The maximum Gasteiger partial charge on any atom is 0.0678 e. The normalized spacial score (nSPS) is 38.8. The third-order valence-corrected chi connectivity index (χ3v) is 4.44. The zero-order valence-electron chi connectivity index (χ0n) is 12.3. The summed E-state index contributed by atoms with van der Waals surface area (Å²) in [5, 5.41) is 3.77. The standard InChI is InChI=1S/C15H30N2O/c1-12-6-4-5-7-15(12)16-8-9-17-10-13(2)18-14(3)11-17/h12-16H,4-11H2,1-3H3/t12?,13-,14+,15?. The molecule has 0 aromatic carbocycles. The molecule has 18 heavy (non-hydrogen) atoms. The van der Waals surface area contributed by atoms with Crippen molar-refractivity contribution in [3.05, 3.63) is 0 Å². The summed E-state index contributed by atoms with van der Waals surface area (Å²) in [6.45, 7) is 11.2. The van der Waals surface area contributed by atoms with Crippen LogP contribution < -0.4 is 5.32 Å². The van der Waals surface area contributed by atoms with Gasteiger partial charge in [0.2, 0.25) is 0 Å². The molecular formula is C15H30N2O. The topological polar surface area (TPSA) is 24.5 Å². The summed E-state index contributed by atoms with van der Waals surface area (Å²) in [6, 6.07) is 0.759. The molecule has 2 aliphatic rings. The Morgan fingerprint density at radius 1 is 1.06 bits per heavy atom. The lowest BCUT2D eigenvalue weighted by Crippen LogP contribution is -2.49. The molecule has 2 fully saturated rings. The molecule has 4 atom stereocenters. The van der Waals surface area contributed by atoms with E-state index >= 15 is 0 Å². The van der Waals surface area contributed by atoms with Gasteiger partial charge in [-0.15, -0.1) is 0 Å². The molecule has 0 bridgehead atoms. The lowest BCUT2D eigenvalue weighted by atomic mass is 9.86. The largest absolute Gasteiger partial charge is 0.373 e. The quantitative estimate of drug-likeness (QED) is 0.833. The number of nitrogens with one attached hydrogen (secondary N) is 1. The van der Waals surface area contributed by atoms with E-state index in [4.69, 9.17) is 4.74 Å². The molecule has 1 saturated carbocycles. The first-order valence-corrected chi connectivity index (χ1v) is 7.76. The van der Waals surface area contributed by atoms with Crippen LogP contribution in [0, 0.1) is 5.92 Å². The van der Waals surface area contributed by atoms with E-state index in [0.29, 0.717) is 12.2 Å². The highest BCUT2D eigenvalue weighted by molar-refractivity contribution is 4.79. The lowest BCUT2D eigenvalue weighted by Gasteiger charge is -2.36. The summed E-state index contributed by atoms with van der Waals surface area (Å²) < 4.78 is 5.77. The smallest absolute Gasteiger partial charge is 0.0678 e. The number of hydrogen-bond acceptors (Lipinski definition) is 3. The highest BCUT2D eigenvalue weighted by atomic mass is 16.5. The Labute approximate surface area is 112 Å². The fraction of sp³-hybridized carbons (Fsp3) is 1.00. The summed E-state index contributed by atoms with van der Waals surface area (Å²) >= 11 is 0. The zero-order valence-corrected chi connectivity index (χ0v) is 12.3. The molecule has 2 unspecified atom stereocenters. The minimum Gasteiger partial charge on any atom is -0.373 e. The van der Waals surface area contributed by atoms with Crippen LogP contribution in [0.2, 0.25) is 0 Å². The second-order valence-electron chi connectivity index (χ2n) is 6.34. The second kappa shape index (κ2) is 6.88. The predicted molar refractivity (Wildman–Crippen MR) is 75.9 cm³/mol. The van der Waals surface area contributed by atoms with Crippen molar-refractivity contribution >= 4 is 0 Å². The van der Waals surface area contributed by atoms with E-state index in [-0.39, 0.29) is 0 Å². The van der Waals surface area contributed by atoms with E-state index in [1.54, 1.807) is 0 Å². The van der Waals surface area contributed by atoms with E-state index < -0.39 is 0 Å². The van der Waals surface area contributed by atoms with Crippen LogP contribution in [0.4, 0.5) is 0 Å². The molecule has 0 radical (unpaired) electrons. The average Bonchev–Trinajstić information content (AvgIpc) is 2.30. The summed E-state index contributed by atoms with van der Waals surface area (Å²) in [4.78, 5) is 2.54. The van der Waals surface area contributed by atoms with Gasteiger partial charge in [-0.3, -0.25) is 4.90 Å². The number of hydrogen-bond donors (Lipinski definition) is 1. The van der Waals surface area contributed by atoms with Crippen molar-refractivity contribution in [3.8, 4) is 0 Å². The van der Waals surface area contributed by atoms with Gasteiger partial charge in [-0.2, -0.15) is 0 Å². The zero-order chi connectivity index (χ0) is 13.0. The van der Waals surface area contributed by atoms with Gasteiger partial charge in [-0.05, 0) is 32.6 Å². The molecule has 1 aliphatic heterocycles. The summed E-state index contributed by atoms with van der Waals surface area (Å²) in [6.07, 6.45) is 6.40. The van der Waals surface area contributed by atoms with Crippen molar-refractivity contribution in [2.45, 2.75) is 64.7 Å². The summed E-state index contributed by atoms with van der Waals surface area (Å²) in [7, 11) is 0. The van der Waals surface area contributed by atoms with Crippen LogP contribution in [0.5, 0.6) is 0 Å². The van der Waals surface area contributed by atoms with Gasteiger partial charge in [0.15, 0.2) is 0 Å². The van der Waals surface area contributed by atoms with E-state index in [9.17, 15) is 0 Å². The molecule has 106 valence electrons. The molecule has 3 heteroatoms. The van der Waals surface area contributed by atoms with Gasteiger partial charge >= 0.3 is 0 Å². The van der Waals surface area contributed by atoms with Gasteiger partial charge in [0.25, 0.3) is 0 Å². The van der Waals surface area contributed by atoms with Gasteiger partial charge in [-0.25, -0.2) is 0 Å². The van der Waals surface area contributed by atoms with Crippen molar-refractivity contribution in [1.29, 1.82) is 0 Å². The Morgan fingerprint density at radius 2 is 1.72 bits per heavy atom. The van der Waals surface area contributed by atoms with E-state index in [1.165, 1.54) is 32.2 Å². The molecule has 0 amide bonds. The lowest BCUT2D eigenvalue weighted by molar-refractivity contribution is -0.0676. The van der Waals surface area contributed by atoms with E-state index in [1.807, 2.05) is 0 Å². The molecule has 1 heterocycles. The molecule has 1 N–H and O–H groups in total. The van der Waals surface area contributed by atoms with Crippen LogP contribution in [-0.4, -0.2) is 49.3 Å². The fourth-order valence-corrected chi connectivity index (χ4v) is 3.49. The first-order chi connectivity index (χ1) is 8.65. The molecule has 2 rings (SSSR count). The third kappa shape index (κ3) is 4.22. The first-order valence-electron chi connectivity index (χ1n) is 7.76. The van der Waals surface area contributed by atoms with Gasteiger partial charge in [0, 0.05) is 32.2 Å². The van der Waals surface area contributed by atoms with Crippen LogP contribution in [0.3, 0.4) is 0 Å². The van der Waals surface area contributed by atoms with Gasteiger partial charge in [-0.1, -0.05) is 19.8 Å². The Kier molecular flexibility index (Phi) is 5.46. The monoisotopic (exact) mass is 254 g/mol. The van der Waals surface area contributed by atoms with Crippen molar-refractivity contribution in [1.82, 2.24) is 10.2 Å². The summed E-state index contributed by atoms with van der Waals surface area (Å²) in [5.74, 6) is 0.862. The van der Waals surface area contributed by atoms with E-state index in [0.717, 1.165) is 31.6 Å². The van der Waals surface area contributed by atoms with E-state index in [2.05, 4.69) is 31.0 Å². The summed E-state index contributed by atoms with van der Waals surface area (Å²) in [5.41, 5.74) is 0. The van der Waals surface area contributed by atoms with Crippen molar-refractivity contribution in [3.63, 3.8) is 0 Å². The van der Waals surface area contributed by atoms with Crippen LogP contribution in [-0.2, 0) is 4.74 Å². The van der Waals surface area contributed by atoms with Crippen LogP contribution in [0.1, 0.15) is 46.5 Å². The predicted octanol–water partition coefficient (Wildman–Crippen LogP) is 2.26. The molecule has 0 aromatic heterocycles. The molecule has 1 saturated heterocycles. The average molecular weight is 254 g/mol. The number of morpholine rings is 1. The maximum atomic E-state index is 5.77. The first kappa shape index (κ1) is 14.3. The Hall–Kier alpha value is -0.120. The van der Waals surface area contributed by atoms with Crippen molar-refractivity contribution < 1.29 is 4.74 Å². The Bertz CT molecular complexity index is 237. The van der Waals surface area contributed by atoms with Gasteiger partial charge in [0.1, 0.15) is 0 Å². The Balaban J connectivity index is 1.65. The minimum absolute atomic E-state index is 0.391. The van der Waals surface area contributed by atoms with Gasteiger partial charge in [0.05, 0.1) is 12.2 Å². The van der Waals surface area contributed by atoms with Crippen LogP contribution in [0.15, 0.2) is 0 Å². The number of nitrogens with zero attached hydrogens (tertiary/aromatic N) is 1. The molecule has 0 spiro atoms. The molecular weight excluding hydrogens is 224 g/mol. The highest BCUT2D eigenvalue weighted by Gasteiger charge is 2.23. The van der Waals surface area contributed by atoms with Crippen molar-refractivity contribution in [2.75, 3.05) is 26.2 Å². The minimum atomic E-state index is 0.391. The fourth-order valence-electron chi connectivity index (χ4n) is 3.49. The van der Waals surface area contributed by atoms with Gasteiger partial charge < -0.3 is 10.1 Å². The third-order valence-electron chi connectivity index (χ3n) is 4.44. The molecule has 1 aliphatic carbocycles. The SMILES string of the molecule is CC1CCCCC1NCCN1C[C@@H](C)O[C@@H](C)C1. The Morgan fingerprint density at radius 3 is 2.39 bits per heavy atom. The second-order valence-corrected chi connectivity index (χ2v) is 6.34.